The normalized spacial score (nSPS) is 33.0. The van der Waals surface area contributed by atoms with E-state index in [4.69, 9.17) is 14.3 Å². The van der Waals surface area contributed by atoms with Crippen molar-refractivity contribution < 1.29 is 14.3 Å². The van der Waals surface area contributed by atoms with Gasteiger partial charge in [0.25, 0.3) is 0 Å². The first-order valence-electron chi connectivity index (χ1n) is 9.06. The highest BCUT2D eigenvalue weighted by atomic mass is 16.7. The van der Waals surface area contributed by atoms with Crippen LogP contribution in [0.25, 0.3) is 0 Å². The highest BCUT2D eigenvalue weighted by molar-refractivity contribution is 4.89. The van der Waals surface area contributed by atoms with Crippen molar-refractivity contribution >= 4 is 0 Å². The van der Waals surface area contributed by atoms with Gasteiger partial charge in [-0.25, -0.2) is 0 Å². The van der Waals surface area contributed by atoms with Crippen LogP contribution in [0.4, 0.5) is 0 Å². The second-order valence-corrected chi connectivity index (χ2v) is 7.64. The molecule has 0 bridgehead atoms. The summed E-state index contributed by atoms with van der Waals surface area (Å²) in [5, 5.41) is 1.90. The Bertz CT molecular complexity index is 337. The molecule has 1 unspecified atom stereocenters. The smallest absolute Gasteiger partial charge is 0.168 e. The quantitative estimate of drug-likeness (QED) is 0.665. The SMILES string of the molecule is CCON(C)CCC1COC2(CCC(C(C)(C)CC)CC2)O1. The molecule has 0 amide bonds. The molecule has 2 fully saturated rings. The fourth-order valence-electron chi connectivity index (χ4n) is 3.76. The van der Waals surface area contributed by atoms with Gasteiger partial charge in [0.05, 0.1) is 19.3 Å². The Morgan fingerprint density at radius 2 is 1.91 bits per heavy atom. The van der Waals surface area contributed by atoms with Crippen molar-refractivity contribution in [2.45, 2.75) is 78.1 Å². The third-order valence-electron chi connectivity index (χ3n) is 5.79. The van der Waals surface area contributed by atoms with Crippen molar-refractivity contribution in [3.05, 3.63) is 0 Å². The summed E-state index contributed by atoms with van der Waals surface area (Å²) in [5.41, 5.74) is 0.444. The maximum absolute atomic E-state index is 6.31. The van der Waals surface area contributed by atoms with E-state index in [1.165, 1.54) is 19.3 Å². The minimum absolute atomic E-state index is 0.221. The van der Waals surface area contributed by atoms with Gasteiger partial charge in [0.15, 0.2) is 5.79 Å². The van der Waals surface area contributed by atoms with Crippen molar-refractivity contribution in [3.63, 3.8) is 0 Å². The predicted molar refractivity (Wildman–Crippen MR) is 88.5 cm³/mol. The molecule has 4 heteroatoms. The van der Waals surface area contributed by atoms with Crippen molar-refractivity contribution in [3.8, 4) is 0 Å². The van der Waals surface area contributed by atoms with Crippen LogP contribution in [0, 0.1) is 11.3 Å². The van der Waals surface area contributed by atoms with Crippen LogP contribution in [0.3, 0.4) is 0 Å². The second-order valence-electron chi connectivity index (χ2n) is 7.64. The van der Waals surface area contributed by atoms with E-state index in [-0.39, 0.29) is 11.9 Å². The summed E-state index contributed by atoms with van der Waals surface area (Å²) in [4.78, 5) is 5.44. The van der Waals surface area contributed by atoms with Crippen LogP contribution in [-0.2, 0) is 14.3 Å². The van der Waals surface area contributed by atoms with Gasteiger partial charge in [-0.3, -0.25) is 4.84 Å². The van der Waals surface area contributed by atoms with Crippen LogP contribution < -0.4 is 0 Å². The predicted octanol–water partition coefficient (Wildman–Crippen LogP) is 4.00. The molecule has 0 aromatic rings. The van der Waals surface area contributed by atoms with Gasteiger partial charge in [-0.05, 0) is 37.5 Å². The van der Waals surface area contributed by atoms with E-state index < -0.39 is 0 Å². The molecule has 1 aliphatic heterocycles. The zero-order valence-corrected chi connectivity index (χ0v) is 15.2. The minimum atomic E-state index is -0.283. The van der Waals surface area contributed by atoms with Crippen molar-refractivity contribution in [2.24, 2.45) is 11.3 Å². The van der Waals surface area contributed by atoms with E-state index in [2.05, 4.69) is 20.8 Å². The minimum Gasteiger partial charge on any atom is -0.347 e. The third kappa shape index (κ3) is 4.44. The Morgan fingerprint density at radius 1 is 1.23 bits per heavy atom. The summed E-state index contributed by atoms with van der Waals surface area (Å²) in [6.07, 6.45) is 7.01. The van der Waals surface area contributed by atoms with E-state index in [0.29, 0.717) is 5.41 Å². The molecule has 1 aliphatic carbocycles. The summed E-state index contributed by atoms with van der Waals surface area (Å²) in [7, 11) is 1.98. The number of ether oxygens (including phenoxy) is 2. The largest absolute Gasteiger partial charge is 0.347 e. The Hall–Kier alpha value is -0.160. The maximum atomic E-state index is 6.31. The second kappa shape index (κ2) is 7.61. The van der Waals surface area contributed by atoms with Gasteiger partial charge in [-0.15, -0.1) is 0 Å². The van der Waals surface area contributed by atoms with E-state index in [1.54, 1.807) is 0 Å². The Balaban J connectivity index is 1.76. The standard InChI is InChI=1S/C18H35NO3/c1-6-17(3,4)15-8-11-18(12-9-15)20-14-16(22-18)10-13-19(5)21-7-2/h15-16H,6-14H2,1-5H3. The molecular weight excluding hydrogens is 278 g/mol. The maximum Gasteiger partial charge on any atom is 0.168 e. The van der Waals surface area contributed by atoms with Crippen molar-refractivity contribution in [1.29, 1.82) is 0 Å². The number of hydroxylamine groups is 2. The Labute approximate surface area is 136 Å². The molecule has 2 aliphatic rings. The van der Waals surface area contributed by atoms with Gasteiger partial charge in [0.1, 0.15) is 0 Å². The number of nitrogens with zero attached hydrogens (tertiary/aromatic N) is 1. The average Bonchev–Trinajstić information content (AvgIpc) is 2.89. The molecule has 1 saturated heterocycles. The van der Waals surface area contributed by atoms with Crippen LogP contribution in [0.15, 0.2) is 0 Å². The number of rotatable bonds is 7. The molecule has 0 aromatic carbocycles. The topological polar surface area (TPSA) is 30.9 Å². The molecule has 0 aromatic heterocycles. The van der Waals surface area contributed by atoms with Crippen molar-refractivity contribution in [2.75, 3.05) is 26.8 Å². The first-order valence-corrected chi connectivity index (χ1v) is 9.06. The Kier molecular flexibility index (Phi) is 6.29. The molecule has 4 nitrogen and oxygen atoms in total. The number of hydrogen-bond acceptors (Lipinski definition) is 4. The molecule has 1 atom stereocenters. The van der Waals surface area contributed by atoms with Crippen LogP contribution in [0.5, 0.6) is 0 Å². The van der Waals surface area contributed by atoms with Crippen LogP contribution in [0.1, 0.15) is 66.2 Å². The lowest BCUT2D eigenvalue weighted by Gasteiger charge is -2.42. The van der Waals surface area contributed by atoms with Gasteiger partial charge >= 0.3 is 0 Å². The zero-order valence-electron chi connectivity index (χ0n) is 15.2. The summed E-state index contributed by atoms with van der Waals surface area (Å²) in [6, 6.07) is 0. The molecule has 130 valence electrons. The molecule has 0 radical (unpaired) electrons. The lowest BCUT2D eigenvalue weighted by molar-refractivity contribution is -0.200. The molecule has 1 heterocycles. The fourth-order valence-corrected chi connectivity index (χ4v) is 3.76. The summed E-state index contributed by atoms with van der Waals surface area (Å²) < 4.78 is 12.4. The molecular formula is C18H35NO3. The average molecular weight is 313 g/mol. The summed E-state index contributed by atoms with van der Waals surface area (Å²) >= 11 is 0. The molecule has 1 spiro atoms. The lowest BCUT2D eigenvalue weighted by Crippen LogP contribution is -2.39. The van der Waals surface area contributed by atoms with Gasteiger partial charge in [-0.1, -0.05) is 27.2 Å². The molecule has 22 heavy (non-hydrogen) atoms. The van der Waals surface area contributed by atoms with E-state index in [0.717, 1.165) is 44.9 Å². The zero-order chi connectivity index (χ0) is 16.2. The Morgan fingerprint density at radius 3 is 2.50 bits per heavy atom. The monoisotopic (exact) mass is 313 g/mol. The molecule has 2 rings (SSSR count). The third-order valence-corrected chi connectivity index (χ3v) is 5.79. The van der Waals surface area contributed by atoms with Gasteiger partial charge < -0.3 is 9.47 Å². The van der Waals surface area contributed by atoms with E-state index in [9.17, 15) is 0 Å². The highest BCUT2D eigenvalue weighted by Crippen LogP contribution is 2.47. The fraction of sp³-hybridized carbons (Fsp3) is 1.00. The van der Waals surface area contributed by atoms with E-state index >= 15 is 0 Å². The van der Waals surface area contributed by atoms with Gasteiger partial charge in [-0.2, -0.15) is 5.06 Å². The highest BCUT2D eigenvalue weighted by Gasteiger charge is 2.46. The van der Waals surface area contributed by atoms with Crippen LogP contribution in [0.2, 0.25) is 0 Å². The van der Waals surface area contributed by atoms with Crippen LogP contribution >= 0.6 is 0 Å². The summed E-state index contributed by atoms with van der Waals surface area (Å²) in [6.45, 7) is 11.5. The van der Waals surface area contributed by atoms with Crippen molar-refractivity contribution in [1.82, 2.24) is 5.06 Å². The summed E-state index contributed by atoms with van der Waals surface area (Å²) in [5.74, 6) is 0.522. The molecule has 1 saturated carbocycles. The lowest BCUT2D eigenvalue weighted by atomic mass is 9.68. The van der Waals surface area contributed by atoms with Gasteiger partial charge in [0, 0.05) is 26.4 Å². The van der Waals surface area contributed by atoms with Gasteiger partial charge in [0.2, 0.25) is 0 Å². The first-order chi connectivity index (χ1) is 10.4. The van der Waals surface area contributed by atoms with E-state index in [1.807, 2.05) is 19.0 Å². The first kappa shape index (κ1) is 18.2. The number of hydrogen-bond donors (Lipinski definition) is 0. The van der Waals surface area contributed by atoms with Crippen LogP contribution in [-0.4, -0.2) is 43.8 Å². The molecule has 0 N–H and O–H groups in total.